The van der Waals surface area contributed by atoms with Gasteiger partial charge >= 0.3 is 0 Å². The largest absolute Gasteiger partial charge is 0.289 e. The average molecular weight is 360 g/mol. The molecule has 3 aromatic heterocycles. The molecule has 0 spiro atoms. The molecule has 3 heterocycles. The van der Waals surface area contributed by atoms with Gasteiger partial charge in [-0.2, -0.15) is 5.10 Å². The van der Waals surface area contributed by atoms with E-state index in [9.17, 15) is 8.78 Å². The molecule has 0 saturated heterocycles. The van der Waals surface area contributed by atoms with Crippen molar-refractivity contribution in [2.75, 3.05) is 0 Å². The third-order valence-corrected chi connectivity index (χ3v) is 4.83. The molecule has 0 bridgehead atoms. The summed E-state index contributed by atoms with van der Waals surface area (Å²) < 4.78 is 27.8. The van der Waals surface area contributed by atoms with Crippen LogP contribution in [0.4, 0.5) is 8.78 Å². The second-order valence-electron chi connectivity index (χ2n) is 6.27. The molecule has 1 saturated carbocycles. The van der Waals surface area contributed by atoms with E-state index in [1.54, 1.807) is 16.9 Å². The van der Waals surface area contributed by atoms with Gasteiger partial charge in [0.25, 0.3) is 6.43 Å². The highest BCUT2D eigenvalue weighted by atomic mass is 35.5. The molecule has 4 aromatic rings. The lowest BCUT2D eigenvalue weighted by atomic mass is 10.0. The predicted molar refractivity (Wildman–Crippen MR) is 90.0 cm³/mol. The number of benzene rings is 1. The van der Waals surface area contributed by atoms with Gasteiger partial charge in [0.1, 0.15) is 17.7 Å². The van der Waals surface area contributed by atoms with Crippen LogP contribution in [0.2, 0.25) is 5.02 Å². The minimum Gasteiger partial charge on any atom is -0.289 e. The number of rotatable bonds is 3. The van der Waals surface area contributed by atoms with Crippen LogP contribution in [-0.4, -0.2) is 24.6 Å². The predicted octanol–water partition coefficient (Wildman–Crippen LogP) is 4.74. The van der Waals surface area contributed by atoms with E-state index in [0.717, 1.165) is 40.6 Å². The van der Waals surface area contributed by atoms with Gasteiger partial charge in [0.2, 0.25) is 0 Å². The summed E-state index contributed by atoms with van der Waals surface area (Å²) in [5.41, 5.74) is 3.43. The van der Waals surface area contributed by atoms with Gasteiger partial charge in [-0.1, -0.05) is 11.6 Å². The lowest BCUT2D eigenvalue weighted by Crippen LogP contribution is -1.98. The molecule has 5 nitrogen and oxygen atoms in total. The van der Waals surface area contributed by atoms with Gasteiger partial charge in [-0.05, 0) is 30.5 Å². The quantitative estimate of drug-likeness (QED) is 0.574. The minimum absolute atomic E-state index is 0.258. The monoisotopic (exact) mass is 359 g/mol. The van der Waals surface area contributed by atoms with E-state index in [-0.39, 0.29) is 5.69 Å². The summed E-state index contributed by atoms with van der Waals surface area (Å²) in [6.07, 6.45) is 4.03. The van der Waals surface area contributed by atoms with E-state index in [1.165, 1.54) is 6.20 Å². The fourth-order valence-electron chi connectivity index (χ4n) is 3.20. The fourth-order valence-corrected chi connectivity index (χ4v) is 3.46. The molecule has 0 aliphatic heterocycles. The molecule has 0 atom stereocenters. The summed E-state index contributed by atoms with van der Waals surface area (Å²) in [5.74, 6) is 0.338. The van der Waals surface area contributed by atoms with Gasteiger partial charge in [-0.3, -0.25) is 9.50 Å². The number of nitrogens with one attached hydrogen (secondary N) is 1. The van der Waals surface area contributed by atoms with E-state index in [1.807, 2.05) is 12.1 Å². The number of aromatic amines is 1. The molecule has 0 unspecified atom stereocenters. The van der Waals surface area contributed by atoms with Crippen LogP contribution in [0.15, 0.2) is 30.9 Å². The van der Waals surface area contributed by atoms with Crippen molar-refractivity contribution >= 4 is 28.2 Å². The van der Waals surface area contributed by atoms with Crippen LogP contribution in [0.1, 0.15) is 36.6 Å². The summed E-state index contributed by atoms with van der Waals surface area (Å²) >= 11 is 6.37. The molecule has 0 radical (unpaired) electrons. The maximum absolute atomic E-state index is 13.1. The van der Waals surface area contributed by atoms with Gasteiger partial charge in [0.15, 0.2) is 0 Å². The van der Waals surface area contributed by atoms with Gasteiger partial charge in [-0.25, -0.2) is 18.7 Å². The Hall–Kier alpha value is -2.54. The van der Waals surface area contributed by atoms with Crippen molar-refractivity contribution in [2.24, 2.45) is 0 Å². The molecule has 1 aliphatic rings. The Morgan fingerprint density at radius 2 is 2.12 bits per heavy atom. The number of hydrogen-bond donors (Lipinski definition) is 1. The average Bonchev–Trinajstić information content (AvgIpc) is 3.15. The molecule has 5 rings (SSSR count). The summed E-state index contributed by atoms with van der Waals surface area (Å²) in [7, 11) is 0. The van der Waals surface area contributed by atoms with Crippen LogP contribution in [0.25, 0.3) is 27.7 Å². The van der Waals surface area contributed by atoms with Gasteiger partial charge in [-0.15, -0.1) is 0 Å². The number of alkyl halides is 2. The van der Waals surface area contributed by atoms with E-state index < -0.39 is 6.43 Å². The first-order valence-corrected chi connectivity index (χ1v) is 8.28. The Morgan fingerprint density at radius 3 is 2.88 bits per heavy atom. The third-order valence-electron chi connectivity index (χ3n) is 4.53. The second-order valence-corrected chi connectivity index (χ2v) is 6.68. The minimum atomic E-state index is -2.63. The summed E-state index contributed by atoms with van der Waals surface area (Å²) in [6.45, 7) is 0. The Kier molecular flexibility index (Phi) is 3.09. The Bertz CT molecular complexity index is 1110. The molecule has 25 heavy (non-hydrogen) atoms. The van der Waals surface area contributed by atoms with Gasteiger partial charge in [0.05, 0.1) is 22.4 Å². The highest BCUT2D eigenvalue weighted by molar-refractivity contribution is 6.35. The third kappa shape index (κ3) is 2.30. The topological polar surface area (TPSA) is 58.9 Å². The Balaban J connectivity index is 1.83. The van der Waals surface area contributed by atoms with Crippen molar-refractivity contribution in [2.45, 2.75) is 25.2 Å². The first kappa shape index (κ1) is 14.8. The Labute approximate surface area is 145 Å². The van der Waals surface area contributed by atoms with Crippen molar-refractivity contribution in [1.82, 2.24) is 24.6 Å². The maximum Gasteiger partial charge on any atom is 0.281 e. The second kappa shape index (κ2) is 5.23. The number of H-pyrrole nitrogens is 1. The van der Waals surface area contributed by atoms with Crippen molar-refractivity contribution in [3.8, 4) is 11.1 Å². The van der Waals surface area contributed by atoms with Gasteiger partial charge in [0, 0.05) is 23.1 Å². The van der Waals surface area contributed by atoms with Crippen LogP contribution < -0.4 is 0 Å². The zero-order valence-electron chi connectivity index (χ0n) is 12.9. The molecular formula is C17H12ClF2N5. The number of nitrogens with zero attached hydrogens (tertiary/aromatic N) is 4. The van der Waals surface area contributed by atoms with E-state index in [0.29, 0.717) is 16.6 Å². The first-order chi connectivity index (χ1) is 12.1. The number of aromatic nitrogens is 5. The van der Waals surface area contributed by atoms with Gasteiger partial charge < -0.3 is 0 Å². The zero-order chi connectivity index (χ0) is 17.1. The molecule has 8 heteroatoms. The first-order valence-electron chi connectivity index (χ1n) is 7.90. The summed E-state index contributed by atoms with van der Waals surface area (Å²) in [5, 5.41) is 8.24. The van der Waals surface area contributed by atoms with Crippen molar-refractivity contribution in [3.63, 3.8) is 0 Å². The number of fused-ring (bicyclic) bond motifs is 2. The molecule has 0 amide bonds. The standard InChI is InChI=1S/C17H12ClF2N5/c18-11-4-9(3-10-5-22-24-14(10)11)13-15(8-1-2-8)21-7-25-6-12(16(19)20)23-17(13)25/h3-8,16H,1-2H2,(H,22,24). The highest BCUT2D eigenvalue weighted by Crippen LogP contribution is 2.45. The molecule has 1 aliphatic carbocycles. The van der Waals surface area contributed by atoms with Crippen molar-refractivity contribution < 1.29 is 8.78 Å². The molecule has 1 fully saturated rings. The van der Waals surface area contributed by atoms with Crippen LogP contribution >= 0.6 is 11.6 Å². The van der Waals surface area contributed by atoms with Crippen LogP contribution in [0.5, 0.6) is 0 Å². The maximum atomic E-state index is 13.1. The molecule has 1 N–H and O–H groups in total. The van der Waals surface area contributed by atoms with E-state index in [2.05, 4.69) is 20.2 Å². The lowest BCUT2D eigenvalue weighted by molar-refractivity contribution is 0.147. The smallest absolute Gasteiger partial charge is 0.281 e. The lowest BCUT2D eigenvalue weighted by Gasteiger charge is -2.10. The molecule has 126 valence electrons. The van der Waals surface area contributed by atoms with Crippen molar-refractivity contribution in [1.29, 1.82) is 0 Å². The summed E-state index contributed by atoms with van der Waals surface area (Å²) in [6, 6.07) is 3.74. The Morgan fingerprint density at radius 1 is 1.28 bits per heavy atom. The summed E-state index contributed by atoms with van der Waals surface area (Å²) in [4.78, 5) is 8.69. The van der Waals surface area contributed by atoms with E-state index >= 15 is 0 Å². The molecule has 1 aromatic carbocycles. The van der Waals surface area contributed by atoms with E-state index in [4.69, 9.17) is 11.6 Å². The van der Waals surface area contributed by atoms with Crippen LogP contribution in [-0.2, 0) is 0 Å². The highest BCUT2D eigenvalue weighted by Gasteiger charge is 2.30. The molecular weight excluding hydrogens is 348 g/mol. The van der Waals surface area contributed by atoms with Crippen LogP contribution in [0.3, 0.4) is 0 Å². The van der Waals surface area contributed by atoms with Crippen molar-refractivity contribution in [3.05, 3.63) is 47.3 Å². The SMILES string of the molecule is FC(F)c1cn2cnc(C3CC3)c(-c3cc(Cl)c4[nH]ncc4c3)c2n1. The van der Waals surface area contributed by atoms with Crippen LogP contribution in [0, 0.1) is 0 Å². The fraction of sp³-hybridized carbons (Fsp3) is 0.235. The zero-order valence-corrected chi connectivity index (χ0v) is 13.6. The normalized spacial score (nSPS) is 14.9. The number of halogens is 3. The number of imidazole rings is 1. The number of hydrogen-bond acceptors (Lipinski definition) is 3.